The number of sulfonamides is 1. The third-order valence-electron chi connectivity index (χ3n) is 7.95. The second kappa shape index (κ2) is 11.5. The standard InChI is InChI=1S/C25H37N5O6S/c1-37(35,36)29-12-10-27(11-13-29)21-15-22(23(31)14-18-2-4-20(5-3-18)24(32)33)30(17-21)25(34)28-8-6-19(16-26)7-9-28/h2-5,19,21-22H,6-17,26H2,1H3,(H,32,33)/t21-,22-/m0/s1. The van der Waals surface area contributed by atoms with E-state index in [1.807, 2.05) is 4.90 Å². The van der Waals surface area contributed by atoms with Gasteiger partial charge in [0, 0.05) is 58.3 Å². The fourth-order valence-corrected chi connectivity index (χ4v) is 6.45. The lowest BCUT2D eigenvalue weighted by Gasteiger charge is -2.37. The Bertz CT molecular complexity index is 1100. The smallest absolute Gasteiger partial charge is 0.335 e. The lowest BCUT2D eigenvalue weighted by atomic mass is 9.97. The molecular weight excluding hydrogens is 498 g/mol. The second-order valence-corrected chi connectivity index (χ2v) is 12.3. The number of hydrogen-bond donors (Lipinski definition) is 2. The van der Waals surface area contributed by atoms with Crippen LogP contribution in [0.2, 0.25) is 0 Å². The van der Waals surface area contributed by atoms with Crippen LogP contribution in [0.3, 0.4) is 0 Å². The molecule has 37 heavy (non-hydrogen) atoms. The first-order valence-electron chi connectivity index (χ1n) is 12.9. The maximum absolute atomic E-state index is 13.6. The highest BCUT2D eigenvalue weighted by Crippen LogP contribution is 2.28. The molecule has 2 amide bonds. The van der Waals surface area contributed by atoms with Crippen molar-refractivity contribution in [3.8, 4) is 0 Å². The van der Waals surface area contributed by atoms with E-state index in [0.29, 0.717) is 70.3 Å². The normalized spacial score (nSPS) is 24.4. The van der Waals surface area contributed by atoms with Crippen LogP contribution in [-0.2, 0) is 21.2 Å². The van der Waals surface area contributed by atoms with Crippen LogP contribution in [0.25, 0.3) is 0 Å². The van der Waals surface area contributed by atoms with Crippen LogP contribution in [0.15, 0.2) is 24.3 Å². The molecule has 0 bridgehead atoms. The minimum Gasteiger partial charge on any atom is -0.478 e. The summed E-state index contributed by atoms with van der Waals surface area (Å²) in [4.78, 5) is 43.9. The first-order chi connectivity index (χ1) is 17.6. The van der Waals surface area contributed by atoms with Gasteiger partial charge in [-0.05, 0) is 49.4 Å². The molecule has 0 spiro atoms. The minimum absolute atomic E-state index is 0.0319. The number of carboxylic acids is 1. The van der Waals surface area contributed by atoms with Crippen molar-refractivity contribution in [2.75, 3.05) is 58.6 Å². The molecule has 11 nitrogen and oxygen atoms in total. The molecule has 1 aromatic rings. The number of aromatic carboxylic acids is 1. The van der Waals surface area contributed by atoms with Gasteiger partial charge in [0.05, 0.1) is 17.9 Å². The average molecular weight is 536 g/mol. The number of piperidine rings is 1. The predicted octanol–water partition coefficient (Wildman–Crippen LogP) is 0.307. The fraction of sp³-hybridized carbons (Fsp3) is 0.640. The number of nitrogens with two attached hydrogens (primary N) is 1. The molecule has 3 heterocycles. The van der Waals surface area contributed by atoms with Gasteiger partial charge >= 0.3 is 12.0 Å². The second-order valence-electron chi connectivity index (χ2n) is 10.3. The summed E-state index contributed by atoms with van der Waals surface area (Å²) in [6, 6.07) is 5.49. The SMILES string of the molecule is CS(=O)(=O)N1CCN([C@H]2C[C@@H](C(=O)Cc3ccc(C(=O)O)cc3)N(C(=O)N3CCC(CN)CC3)C2)CC1. The van der Waals surface area contributed by atoms with E-state index in [1.54, 1.807) is 17.0 Å². The third kappa shape index (κ3) is 6.49. The number of amides is 2. The first kappa shape index (κ1) is 27.5. The van der Waals surface area contributed by atoms with Gasteiger partial charge in [-0.3, -0.25) is 9.69 Å². The number of rotatable bonds is 7. The van der Waals surface area contributed by atoms with Gasteiger partial charge in [-0.15, -0.1) is 0 Å². The molecule has 3 aliphatic heterocycles. The lowest BCUT2D eigenvalue weighted by molar-refractivity contribution is -0.122. The number of carbonyl (C=O) groups excluding carboxylic acids is 2. The van der Waals surface area contributed by atoms with E-state index in [-0.39, 0.29) is 29.8 Å². The van der Waals surface area contributed by atoms with E-state index in [1.165, 1.54) is 22.7 Å². The number of carboxylic acid groups (broad SMARTS) is 1. The highest BCUT2D eigenvalue weighted by Gasteiger charge is 2.44. The molecule has 3 saturated heterocycles. The number of piperazine rings is 1. The van der Waals surface area contributed by atoms with Crippen molar-refractivity contribution in [2.24, 2.45) is 11.7 Å². The summed E-state index contributed by atoms with van der Waals surface area (Å²) < 4.78 is 25.3. The fourth-order valence-electron chi connectivity index (χ4n) is 5.62. The van der Waals surface area contributed by atoms with E-state index in [2.05, 4.69) is 4.90 Å². The number of likely N-dealkylation sites (tertiary alicyclic amines) is 2. The first-order valence-corrected chi connectivity index (χ1v) is 14.7. The number of hydrogen-bond acceptors (Lipinski definition) is 7. The zero-order valence-corrected chi connectivity index (χ0v) is 22.1. The van der Waals surface area contributed by atoms with E-state index in [9.17, 15) is 22.8 Å². The summed E-state index contributed by atoms with van der Waals surface area (Å²) in [7, 11) is -3.25. The molecular formula is C25H37N5O6S. The Balaban J connectivity index is 1.47. The summed E-state index contributed by atoms with van der Waals surface area (Å²) in [5.41, 5.74) is 6.67. The van der Waals surface area contributed by atoms with Gasteiger partial charge in [-0.1, -0.05) is 12.1 Å². The molecule has 3 aliphatic rings. The van der Waals surface area contributed by atoms with Gasteiger partial charge in [0.1, 0.15) is 0 Å². The van der Waals surface area contributed by atoms with Gasteiger partial charge in [0.2, 0.25) is 10.0 Å². The van der Waals surface area contributed by atoms with Crippen molar-refractivity contribution in [1.29, 1.82) is 0 Å². The van der Waals surface area contributed by atoms with Gasteiger partial charge in [-0.25, -0.2) is 18.0 Å². The van der Waals surface area contributed by atoms with Gasteiger partial charge in [0.25, 0.3) is 0 Å². The summed E-state index contributed by atoms with van der Waals surface area (Å²) in [5.74, 6) is -0.694. The Morgan fingerprint density at radius 1 is 1.00 bits per heavy atom. The maximum atomic E-state index is 13.6. The molecule has 0 unspecified atom stereocenters. The molecule has 1 aromatic carbocycles. The third-order valence-corrected chi connectivity index (χ3v) is 9.26. The van der Waals surface area contributed by atoms with Crippen LogP contribution in [0, 0.1) is 5.92 Å². The van der Waals surface area contributed by atoms with Crippen LogP contribution >= 0.6 is 0 Å². The largest absolute Gasteiger partial charge is 0.478 e. The minimum atomic E-state index is -3.25. The van der Waals surface area contributed by atoms with Crippen molar-refractivity contribution in [2.45, 2.75) is 37.8 Å². The molecule has 0 aromatic heterocycles. The molecule has 3 N–H and O–H groups in total. The number of Topliss-reactive ketones (excluding diaryl/α,β-unsaturated/α-hetero) is 1. The molecule has 204 valence electrons. The van der Waals surface area contributed by atoms with Gasteiger partial charge in [-0.2, -0.15) is 4.31 Å². The number of nitrogens with zero attached hydrogens (tertiary/aromatic N) is 4. The van der Waals surface area contributed by atoms with Crippen molar-refractivity contribution >= 4 is 27.8 Å². The molecule has 3 fully saturated rings. The molecule has 0 aliphatic carbocycles. The molecule has 0 radical (unpaired) electrons. The molecule has 4 rings (SSSR count). The van der Waals surface area contributed by atoms with Crippen molar-refractivity contribution in [1.82, 2.24) is 19.0 Å². The Labute approximate surface area is 218 Å². The van der Waals surface area contributed by atoms with E-state index in [4.69, 9.17) is 10.8 Å². The van der Waals surface area contributed by atoms with E-state index < -0.39 is 22.0 Å². The van der Waals surface area contributed by atoms with Crippen molar-refractivity contribution < 1.29 is 27.9 Å². The Hall–Kier alpha value is -2.54. The topological polar surface area (TPSA) is 145 Å². The zero-order valence-electron chi connectivity index (χ0n) is 21.3. The number of ketones is 1. The molecule has 2 atom stereocenters. The van der Waals surface area contributed by atoms with Crippen LogP contribution in [0.4, 0.5) is 4.79 Å². The quantitative estimate of drug-likeness (QED) is 0.508. The number of urea groups is 1. The average Bonchev–Trinajstić information content (AvgIpc) is 3.34. The highest BCUT2D eigenvalue weighted by atomic mass is 32.2. The maximum Gasteiger partial charge on any atom is 0.335 e. The predicted molar refractivity (Wildman–Crippen MR) is 138 cm³/mol. The van der Waals surface area contributed by atoms with Gasteiger partial charge < -0.3 is 20.6 Å². The van der Waals surface area contributed by atoms with E-state index in [0.717, 1.165) is 12.8 Å². The van der Waals surface area contributed by atoms with Crippen LogP contribution in [0.5, 0.6) is 0 Å². The summed E-state index contributed by atoms with van der Waals surface area (Å²) in [5, 5.41) is 9.13. The summed E-state index contributed by atoms with van der Waals surface area (Å²) in [6.45, 7) is 4.16. The van der Waals surface area contributed by atoms with Crippen molar-refractivity contribution in [3.63, 3.8) is 0 Å². The Kier molecular flexibility index (Phi) is 8.52. The molecule has 0 saturated carbocycles. The van der Waals surface area contributed by atoms with Crippen LogP contribution < -0.4 is 5.73 Å². The lowest BCUT2D eigenvalue weighted by Crippen LogP contribution is -2.53. The van der Waals surface area contributed by atoms with Crippen LogP contribution in [0.1, 0.15) is 35.2 Å². The Morgan fingerprint density at radius 2 is 1.62 bits per heavy atom. The molecule has 12 heteroatoms. The Morgan fingerprint density at radius 3 is 2.16 bits per heavy atom. The van der Waals surface area contributed by atoms with Crippen molar-refractivity contribution in [3.05, 3.63) is 35.4 Å². The summed E-state index contributed by atoms with van der Waals surface area (Å²) in [6.07, 6.45) is 3.52. The zero-order chi connectivity index (χ0) is 26.7. The summed E-state index contributed by atoms with van der Waals surface area (Å²) >= 11 is 0. The van der Waals surface area contributed by atoms with Crippen LogP contribution in [-0.4, -0.2) is 121 Å². The number of carbonyl (C=O) groups is 3. The monoisotopic (exact) mass is 535 g/mol. The highest BCUT2D eigenvalue weighted by molar-refractivity contribution is 7.88. The number of benzene rings is 1. The van der Waals surface area contributed by atoms with E-state index >= 15 is 0 Å². The van der Waals surface area contributed by atoms with Gasteiger partial charge in [0.15, 0.2) is 5.78 Å².